The minimum absolute atomic E-state index is 0.0802. The molecule has 1 aromatic rings. The van der Waals surface area contributed by atoms with Crippen molar-refractivity contribution in [2.45, 2.75) is 61.7 Å². The molecule has 5 heteroatoms. The highest BCUT2D eigenvalue weighted by molar-refractivity contribution is 7.85. The van der Waals surface area contributed by atoms with Crippen molar-refractivity contribution in [3.8, 4) is 0 Å². The van der Waals surface area contributed by atoms with Gasteiger partial charge in [0.2, 0.25) is 0 Å². The summed E-state index contributed by atoms with van der Waals surface area (Å²) in [6.45, 7) is 4.01. The number of esters is 1. The average Bonchev–Trinajstić information content (AvgIpc) is 2.47. The van der Waals surface area contributed by atoms with Gasteiger partial charge in [-0.1, -0.05) is 30.5 Å². The molecule has 1 N–H and O–H groups in total. The van der Waals surface area contributed by atoms with E-state index in [2.05, 4.69) is 0 Å². The van der Waals surface area contributed by atoms with Crippen LogP contribution in [0.15, 0.2) is 29.2 Å². The van der Waals surface area contributed by atoms with E-state index in [1.165, 1.54) is 0 Å². The van der Waals surface area contributed by atoms with Crippen LogP contribution < -0.4 is 0 Å². The van der Waals surface area contributed by atoms with E-state index in [0.29, 0.717) is 24.3 Å². The second-order valence-corrected chi connectivity index (χ2v) is 7.57. The van der Waals surface area contributed by atoms with E-state index >= 15 is 0 Å². The first-order valence-corrected chi connectivity index (χ1v) is 9.03. The van der Waals surface area contributed by atoms with Gasteiger partial charge in [-0.2, -0.15) is 0 Å². The Labute approximate surface area is 134 Å². The molecule has 22 heavy (non-hydrogen) atoms. The first-order valence-electron chi connectivity index (χ1n) is 7.81. The van der Waals surface area contributed by atoms with Crippen molar-refractivity contribution in [3.63, 3.8) is 0 Å². The maximum absolute atomic E-state index is 12.9. The van der Waals surface area contributed by atoms with E-state index in [9.17, 15) is 14.1 Å². The van der Waals surface area contributed by atoms with Crippen LogP contribution >= 0.6 is 0 Å². The molecule has 1 aromatic carbocycles. The van der Waals surface area contributed by atoms with E-state index in [1.807, 2.05) is 31.2 Å². The summed E-state index contributed by atoms with van der Waals surface area (Å²) < 4.78 is 17.8. The summed E-state index contributed by atoms with van der Waals surface area (Å²) >= 11 is 0. The van der Waals surface area contributed by atoms with Crippen molar-refractivity contribution in [2.24, 2.45) is 0 Å². The lowest BCUT2D eigenvalue weighted by Crippen LogP contribution is -2.48. The summed E-state index contributed by atoms with van der Waals surface area (Å²) in [5, 5.41) is 10.5. The molecule has 0 saturated heterocycles. The Kier molecular flexibility index (Phi) is 5.75. The van der Waals surface area contributed by atoms with Gasteiger partial charge in [0.25, 0.3) is 0 Å². The second-order valence-electron chi connectivity index (χ2n) is 5.93. The Morgan fingerprint density at radius 3 is 2.68 bits per heavy atom. The number of aliphatic hydroxyl groups is 1. The number of benzene rings is 1. The van der Waals surface area contributed by atoms with Crippen molar-refractivity contribution in [1.29, 1.82) is 0 Å². The summed E-state index contributed by atoms with van der Waals surface area (Å²) in [4.78, 5) is 12.5. The fraction of sp³-hybridized carbons (Fsp3) is 0.588. The minimum Gasteiger partial charge on any atom is -0.466 e. The molecule has 1 saturated carbocycles. The molecule has 0 amide bonds. The fourth-order valence-electron chi connectivity index (χ4n) is 3.00. The molecular weight excluding hydrogens is 300 g/mol. The molecule has 3 atom stereocenters. The van der Waals surface area contributed by atoms with Crippen molar-refractivity contribution < 1.29 is 18.8 Å². The third kappa shape index (κ3) is 3.96. The van der Waals surface area contributed by atoms with Crippen molar-refractivity contribution in [3.05, 3.63) is 29.8 Å². The number of hydrogen-bond donors (Lipinski definition) is 1. The molecule has 0 aliphatic heterocycles. The third-order valence-corrected chi connectivity index (χ3v) is 6.12. The quantitative estimate of drug-likeness (QED) is 0.846. The Morgan fingerprint density at radius 2 is 2.05 bits per heavy atom. The van der Waals surface area contributed by atoms with E-state index < -0.39 is 27.6 Å². The number of rotatable bonds is 5. The third-order valence-electron chi connectivity index (χ3n) is 4.19. The highest BCUT2D eigenvalue weighted by Crippen LogP contribution is 2.37. The molecule has 1 aliphatic carbocycles. The van der Waals surface area contributed by atoms with Crippen molar-refractivity contribution >= 4 is 16.8 Å². The molecule has 122 valence electrons. The average molecular weight is 324 g/mol. The van der Waals surface area contributed by atoms with E-state index in [-0.39, 0.29) is 6.42 Å². The number of carbonyl (C=O) groups excluding carboxylic acids is 1. The maximum Gasteiger partial charge on any atom is 0.308 e. The van der Waals surface area contributed by atoms with Crippen LogP contribution in [0, 0.1) is 6.92 Å². The van der Waals surface area contributed by atoms with Gasteiger partial charge in [0, 0.05) is 4.90 Å². The number of aryl methyl sites for hydroxylation is 1. The first kappa shape index (κ1) is 17.2. The zero-order chi connectivity index (χ0) is 16.2. The fourth-order valence-corrected chi connectivity index (χ4v) is 4.71. The van der Waals surface area contributed by atoms with Gasteiger partial charge in [0.05, 0.1) is 34.7 Å². The van der Waals surface area contributed by atoms with E-state index in [1.54, 1.807) is 6.92 Å². The van der Waals surface area contributed by atoms with E-state index in [0.717, 1.165) is 18.4 Å². The molecule has 1 fully saturated rings. The summed E-state index contributed by atoms with van der Waals surface area (Å²) in [6.07, 6.45) is 2.85. The van der Waals surface area contributed by atoms with Crippen LogP contribution in [0.1, 0.15) is 44.6 Å². The molecule has 4 nitrogen and oxygen atoms in total. The van der Waals surface area contributed by atoms with Crippen LogP contribution in [0.5, 0.6) is 0 Å². The van der Waals surface area contributed by atoms with Crippen molar-refractivity contribution in [2.75, 3.05) is 6.61 Å². The lowest BCUT2D eigenvalue weighted by atomic mass is 9.82. The van der Waals surface area contributed by atoms with Gasteiger partial charge < -0.3 is 9.84 Å². The summed E-state index contributed by atoms with van der Waals surface area (Å²) in [6, 6.07) is 7.51. The minimum atomic E-state index is -1.33. The Morgan fingerprint density at radius 1 is 1.36 bits per heavy atom. The molecule has 0 bridgehead atoms. The summed E-state index contributed by atoms with van der Waals surface area (Å²) in [5.41, 5.74) is -0.133. The molecule has 0 heterocycles. The van der Waals surface area contributed by atoms with Crippen LogP contribution in [0.3, 0.4) is 0 Å². The van der Waals surface area contributed by atoms with Crippen molar-refractivity contribution in [1.82, 2.24) is 0 Å². The maximum atomic E-state index is 12.9. The van der Waals surface area contributed by atoms with Gasteiger partial charge in [-0.15, -0.1) is 0 Å². The molecule has 3 unspecified atom stereocenters. The number of ether oxygens (including phenoxy) is 1. The van der Waals surface area contributed by atoms with Gasteiger partial charge in [0.1, 0.15) is 0 Å². The number of hydrogen-bond acceptors (Lipinski definition) is 4. The molecule has 0 spiro atoms. The Hall–Kier alpha value is -1.20. The Bertz CT molecular complexity index is 540. The van der Waals surface area contributed by atoms with Gasteiger partial charge in [-0.3, -0.25) is 9.00 Å². The van der Waals surface area contributed by atoms with Gasteiger partial charge in [0.15, 0.2) is 0 Å². The standard InChI is InChI=1S/C17H24O4S/c1-3-21-16(18)12-17(19)11-5-4-6-15(17)22(20)14-9-7-13(2)8-10-14/h7-10,15,19H,3-6,11-12H2,1-2H3. The van der Waals surface area contributed by atoms with Crippen LogP contribution in [-0.4, -0.2) is 32.7 Å². The van der Waals surface area contributed by atoms with Gasteiger partial charge in [-0.25, -0.2) is 0 Å². The molecule has 0 radical (unpaired) electrons. The summed E-state index contributed by atoms with van der Waals surface area (Å²) in [5.74, 6) is -0.419. The van der Waals surface area contributed by atoms with Crippen LogP contribution in [-0.2, 0) is 20.3 Å². The van der Waals surface area contributed by atoms with Crippen LogP contribution in [0.25, 0.3) is 0 Å². The van der Waals surface area contributed by atoms with Crippen LogP contribution in [0.4, 0.5) is 0 Å². The molecule has 2 rings (SSSR count). The van der Waals surface area contributed by atoms with Gasteiger partial charge in [-0.05, 0) is 38.8 Å². The van der Waals surface area contributed by atoms with E-state index in [4.69, 9.17) is 4.74 Å². The van der Waals surface area contributed by atoms with Crippen LogP contribution in [0.2, 0.25) is 0 Å². The largest absolute Gasteiger partial charge is 0.466 e. The van der Waals surface area contributed by atoms with Gasteiger partial charge >= 0.3 is 5.97 Å². The zero-order valence-electron chi connectivity index (χ0n) is 13.2. The molecule has 0 aromatic heterocycles. The highest BCUT2D eigenvalue weighted by Gasteiger charge is 2.44. The predicted molar refractivity (Wildman–Crippen MR) is 86.0 cm³/mol. The first-order chi connectivity index (χ1) is 10.5. The Balaban J connectivity index is 2.19. The number of carbonyl (C=O) groups is 1. The highest BCUT2D eigenvalue weighted by atomic mass is 32.2. The lowest BCUT2D eigenvalue weighted by Gasteiger charge is -2.38. The molecular formula is C17H24O4S. The monoisotopic (exact) mass is 324 g/mol. The topological polar surface area (TPSA) is 63.6 Å². The second kappa shape index (κ2) is 7.38. The predicted octanol–water partition coefficient (Wildman–Crippen LogP) is 2.73. The normalized spacial score (nSPS) is 26.4. The smallest absolute Gasteiger partial charge is 0.308 e. The zero-order valence-corrected chi connectivity index (χ0v) is 14.0. The summed E-state index contributed by atoms with van der Waals surface area (Å²) in [7, 11) is -1.33. The SMILES string of the molecule is CCOC(=O)CC1(O)CCCCC1S(=O)c1ccc(C)cc1. The lowest BCUT2D eigenvalue weighted by molar-refractivity contribution is -0.149. The molecule has 1 aliphatic rings.